The lowest BCUT2D eigenvalue weighted by Crippen LogP contribution is -2.36. The minimum absolute atomic E-state index is 0.727. The zero-order chi connectivity index (χ0) is 12.5. The average Bonchev–Trinajstić information content (AvgIpc) is 2.54. The third-order valence-corrected chi connectivity index (χ3v) is 4.43. The summed E-state index contributed by atoms with van der Waals surface area (Å²) in [6.45, 7) is 7.01. The Morgan fingerprint density at radius 2 is 1.88 bits per heavy atom. The van der Waals surface area contributed by atoms with Crippen LogP contribution in [-0.4, -0.2) is 12.1 Å². The fourth-order valence-corrected chi connectivity index (χ4v) is 3.14. The van der Waals surface area contributed by atoms with Crippen molar-refractivity contribution in [3.8, 4) is 0 Å². The molecule has 0 aromatic rings. The van der Waals surface area contributed by atoms with Gasteiger partial charge in [0, 0.05) is 12.1 Å². The lowest BCUT2D eigenvalue weighted by atomic mass is 9.97. The van der Waals surface area contributed by atoms with Crippen LogP contribution in [-0.2, 0) is 0 Å². The van der Waals surface area contributed by atoms with Gasteiger partial charge in [-0.3, -0.25) is 0 Å². The van der Waals surface area contributed by atoms with E-state index in [-0.39, 0.29) is 0 Å². The summed E-state index contributed by atoms with van der Waals surface area (Å²) in [6, 6.07) is 1.54. The van der Waals surface area contributed by atoms with Crippen molar-refractivity contribution in [1.82, 2.24) is 5.32 Å². The Kier molecular flexibility index (Phi) is 7.92. The molecule has 0 saturated heterocycles. The van der Waals surface area contributed by atoms with E-state index in [1.54, 1.807) is 0 Å². The van der Waals surface area contributed by atoms with E-state index in [9.17, 15) is 0 Å². The molecule has 1 aliphatic rings. The summed E-state index contributed by atoms with van der Waals surface area (Å²) in [5.74, 6) is 1.01. The Labute approximate surface area is 109 Å². The smallest absolute Gasteiger partial charge is 0.00696 e. The van der Waals surface area contributed by atoms with E-state index in [0.717, 1.165) is 18.0 Å². The Morgan fingerprint density at radius 1 is 1.06 bits per heavy atom. The molecule has 1 fully saturated rings. The van der Waals surface area contributed by atoms with Crippen LogP contribution in [0.2, 0.25) is 0 Å². The summed E-state index contributed by atoms with van der Waals surface area (Å²) >= 11 is 0. The Hall–Kier alpha value is -0.0400. The Bertz CT molecular complexity index is 178. The van der Waals surface area contributed by atoms with E-state index in [1.165, 1.54) is 64.2 Å². The van der Waals surface area contributed by atoms with Crippen molar-refractivity contribution >= 4 is 0 Å². The highest BCUT2D eigenvalue weighted by Crippen LogP contribution is 2.25. The van der Waals surface area contributed by atoms with E-state index in [4.69, 9.17) is 0 Å². The molecular formula is C16H33N. The van der Waals surface area contributed by atoms with Gasteiger partial charge in [-0.25, -0.2) is 0 Å². The zero-order valence-corrected chi connectivity index (χ0v) is 12.3. The molecule has 0 amide bonds. The fourth-order valence-electron chi connectivity index (χ4n) is 3.14. The molecule has 1 nitrogen and oxygen atoms in total. The lowest BCUT2D eigenvalue weighted by Gasteiger charge is -2.22. The third kappa shape index (κ3) is 6.45. The predicted octanol–water partition coefficient (Wildman–Crippen LogP) is 4.90. The van der Waals surface area contributed by atoms with Crippen LogP contribution in [0.4, 0.5) is 0 Å². The van der Waals surface area contributed by atoms with Crippen LogP contribution in [0, 0.1) is 5.92 Å². The van der Waals surface area contributed by atoms with Crippen LogP contribution in [0.25, 0.3) is 0 Å². The topological polar surface area (TPSA) is 12.0 Å². The molecule has 1 saturated carbocycles. The molecule has 0 radical (unpaired) electrons. The highest BCUT2D eigenvalue weighted by Gasteiger charge is 2.18. The van der Waals surface area contributed by atoms with Gasteiger partial charge in [0.25, 0.3) is 0 Å². The molecule has 0 aliphatic heterocycles. The molecule has 1 N–H and O–H groups in total. The first-order valence-electron chi connectivity index (χ1n) is 8.02. The van der Waals surface area contributed by atoms with Gasteiger partial charge >= 0.3 is 0 Å². The number of rotatable bonds is 7. The zero-order valence-electron chi connectivity index (χ0n) is 12.3. The second-order valence-electron chi connectivity index (χ2n) is 6.04. The van der Waals surface area contributed by atoms with Crippen molar-refractivity contribution in [1.29, 1.82) is 0 Å². The van der Waals surface area contributed by atoms with Gasteiger partial charge in [-0.2, -0.15) is 0 Å². The van der Waals surface area contributed by atoms with Gasteiger partial charge in [0.1, 0.15) is 0 Å². The largest absolute Gasteiger partial charge is 0.312 e. The second kappa shape index (κ2) is 8.97. The summed E-state index contributed by atoms with van der Waals surface area (Å²) < 4.78 is 0. The van der Waals surface area contributed by atoms with Crippen molar-refractivity contribution in [2.24, 2.45) is 5.92 Å². The third-order valence-electron chi connectivity index (χ3n) is 4.43. The normalized spacial score (nSPS) is 27.7. The maximum Gasteiger partial charge on any atom is 0.00696 e. The van der Waals surface area contributed by atoms with E-state index < -0.39 is 0 Å². The molecule has 0 aromatic heterocycles. The molecule has 1 heteroatoms. The maximum absolute atomic E-state index is 3.86. The minimum atomic E-state index is 0.727. The van der Waals surface area contributed by atoms with Gasteiger partial charge in [-0.15, -0.1) is 0 Å². The van der Waals surface area contributed by atoms with Crippen molar-refractivity contribution < 1.29 is 0 Å². The van der Waals surface area contributed by atoms with Crippen LogP contribution >= 0.6 is 0 Å². The molecule has 0 spiro atoms. The second-order valence-corrected chi connectivity index (χ2v) is 6.04. The molecule has 0 heterocycles. The molecule has 3 unspecified atom stereocenters. The van der Waals surface area contributed by atoms with E-state index in [1.807, 2.05) is 0 Å². The van der Waals surface area contributed by atoms with Gasteiger partial charge in [0.2, 0.25) is 0 Å². The quantitative estimate of drug-likeness (QED) is 0.492. The minimum Gasteiger partial charge on any atom is -0.312 e. The molecule has 102 valence electrons. The monoisotopic (exact) mass is 239 g/mol. The van der Waals surface area contributed by atoms with Crippen molar-refractivity contribution in [3.05, 3.63) is 0 Å². The van der Waals surface area contributed by atoms with E-state index >= 15 is 0 Å². The van der Waals surface area contributed by atoms with Crippen molar-refractivity contribution in [2.75, 3.05) is 0 Å². The molecule has 0 aromatic carbocycles. The van der Waals surface area contributed by atoms with Crippen LogP contribution < -0.4 is 5.32 Å². The van der Waals surface area contributed by atoms with Crippen LogP contribution in [0.1, 0.15) is 85.0 Å². The number of hydrogen-bond donors (Lipinski definition) is 1. The lowest BCUT2D eigenvalue weighted by molar-refractivity contribution is 0.378. The molecule has 3 atom stereocenters. The van der Waals surface area contributed by atoms with Gasteiger partial charge in [-0.05, 0) is 38.5 Å². The SMILES string of the molecule is CCCCCC(C)NC1CCCC(CC)CC1. The van der Waals surface area contributed by atoms with Gasteiger partial charge in [-0.1, -0.05) is 52.4 Å². The average molecular weight is 239 g/mol. The van der Waals surface area contributed by atoms with E-state index in [2.05, 4.69) is 26.1 Å². The molecule has 1 aliphatic carbocycles. The summed E-state index contributed by atoms with van der Waals surface area (Å²) in [4.78, 5) is 0. The summed E-state index contributed by atoms with van der Waals surface area (Å²) in [6.07, 6.45) is 14.1. The Morgan fingerprint density at radius 3 is 2.59 bits per heavy atom. The molecule has 1 rings (SSSR count). The first-order chi connectivity index (χ1) is 8.26. The Balaban J connectivity index is 2.17. The van der Waals surface area contributed by atoms with Crippen LogP contribution in [0.15, 0.2) is 0 Å². The van der Waals surface area contributed by atoms with Gasteiger partial charge < -0.3 is 5.32 Å². The number of unbranched alkanes of at least 4 members (excludes halogenated alkanes) is 2. The molecule has 17 heavy (non-hydrogen) atoms. The number of hydrogen-bond acceptors (Lipinski definition) is 1. The summed E-state index contributed by atoms with van der Waals surface area (Å²) in [5.41, 5.74) is 0. The van der Waals surface area contributed by atoms with Crippen molar-refractivity contribution in [2.45, 2.75) is 97.1 Å². The standard InChI is InChI=1S/C16H33N/c1-4-6-7-9-14(3)17-16-11-8-10-15(5-2)12-13-16/h14-17H,4-13H2,1-3H3. The summed E-state index contributed by atoms with van der Waals surface area (Å²) in [5, 5.41) is 3.86. The van der Waals surface area contributed by atoms with Crippen LogP contribution in [0.5, 0.6) is 0 Å². The highest BCUT2D eigenvalue weighted by atomic mass is 14.9. The maximum atomic E-state index is 3.86. The fraction of sp³-hybridized carbons (Fsp3) is 1.00. The summed E-state index contributed by atoms with van der Waals surface area (Å²) in [7, 11) is 0. The van der Waals surface area contributed by atoms with Crippen molar-refractivity contribution in [3.63, 3.8) is 0 Å². The highest BCUT2D eigenvalue weighted by molar-refractivity contribution is 4.77. The van der Waals surface area contributed by atoms with E-state index in [0.29, 0.717) is 0 Å². The molecule has 0 bridgehead atoms. The first kappa shape index (κ1) is 15.0. The predicted molar refractivity (Wildman–Crippen MR) is 77.4 cm³/mol. The van der Waals surface area contributed by atoms with Gasteiger partial charge in [0.15, 0.2) is 0 Å². The van der Waals surface area contributed by atoms with Crippen LogP contribution in [0.3, 0.4) is 0 Å². The first-order valence-corrected chi connectivity index (χ1v) is 8.02. The molecular weight excluding hydrogens is 206 g/mol. The van der Waals surface area contributed by atoms with Gasteiger partial charge in [0.05, 0.1) is 0 Å². The number of nitrogens with one attached hydrogen (secondary N) is 1.